The number of hydrogen-bond donors (Lipinski definition) is 2. The monoisotopic (exact) mass is 346 g/mol. The first-order chi connectivity index (χ1) is 8.66. The molecule has 0 atom stereocenters. The fraction of sp³-hybridized carbons (Fsp3) is 0.300. The number of hydrogen-bond acceptors (Lipinski definition) is 2. The zero-order valence-electron chi connectivity index (χ0n) is 9.19. The van der Waals surface area contributed by atoms with Gasteiger partial charge in [0.2, 0.25) is 0 Å². The van der Waals surface area contributed by atoms with Crippen LogP contribution in [0.25, 0.3) is 0 Å². The van der Waals surface area contributed by atoms with Gasteiger partial charge in [-0.25, -0.2) is 13.2 Å². The van der Waals surface area contributed by atoms with Crippen LogP contribution in [0.5, 0.6) is 5.75 Å². The molecule has 3 nitrogen and oxygen atoms in total. The highest BCUT2D eigenvalue weighted by Gasteiger charge is 2.42. The number of amidine groups is 1. The van der Waals surface area contributed by atoms with Crippen molar-refractivity contribution in [2.75, 3.05) is 6.61 Å². The number of nitrogens with one attached hydrogen (secondary N) is 1. The van der Waals surface area contributed by atoms with E-state index in [1.54, 1.807) is 0 Å². The van der Waals surface area contributed by atoms with Crippen molar-refractivity contribution >= 4 is 21.8 Å². The molecule has 0 unspecified atom stereocenters. The van der Waals surface area contributed by atoms with Crippen LogP contribution in [-0.2, 0) is 0 Å². The first-order valence-electron chi connectivity index (χ1n) is 4.78. The van der Waals surface area contributed by atoms with Gasteiger partial charge in [0.15, 0.2) is 18.2 Å². The molecule has 0 amide bonds. The van der Waals surface area contributed by atoms with Crippen LogP contribution < -0.4 is 10.5 Å². The smallest absolute Gasteiger partial charge is 0.340 e. The van der Waals surface area contributed by atoms with Gasteiger partial charge in [0.05, 0.1) is 4.47 Å². The first kappa shape index (κ1) is 15.7. The number of nitrogen functional groups attached to an aromatic ring is 1. The SMILES string of the molecule is N=C(N)c1ccc(OCC(F)(F)C(F)F)c(F)c1Br. The highest BCUT2D eigenvalue weighted by atomic mass is 79.9. The van der Waals surface area contributed by atoms with E-state index in [9.17, 15) is 22.0 Å². The Morgan fingerprint density at radius 3 is 2.47 bits per heavy atom. The van der Waals surface area contributed by atoms with Gasteiger partial charge in [0.25, 0.3) is 0 Å². The molecule has 9 heteroatoms. The number of benzene rings is 1. The maximum absolute atomic E-state index is 13.6. The summed E-state index contributed by atoms with van der Waals surface area (Å²) in [6, 6.07) is 2.07. The zero-order valence-corrected chi connectivity index (χ0v) is 10.8. The third-order valence-electron chi connectivity index (χ3n) is 2.08. The van der Waals surface area contributed by atoms with Gasteiger partial charge >= 0.3 is 12.3 Å². The van der Waals surface area contributed by atoms with Crippen molar-refractivity contribution in [3.63, 3.8) is 0 Å². The van der Waals surface area contributed by atoms with E-state index < -0.39 is 36.4 Å². The van der Waals surface area contributed by atoms with E-state index >= 15 is 0 Å². The quantitative estimate of drug-likeness (QED) is 0.488. The Kier molecular flexibility index (Phi) is 4.72. The molecule has 0 aliphatic rings. The Balaban J connectivity index is 2.93. The lowest BCUT2D eigenvalue weighted by Crippen LogP contribution is -2.34. The second kappa shape index (κ2) is 5.72. The van der Waals surface area contributed by atoms with Gasteiger partial charge in [-0.05, 0) is 28.1 Å². The van der Waals surface area contributed by atoms with Crippen molar-refractivity contribution in [1.82, 2.24) is 0 Å². The summed E-state index contributed by atoms with van der Waals surface area (Å²) in [5, 5.41) is 7.12. The number of rotatable bonds is 5. The minimum Gasteiger partial charge on any atom is -0.484 e. The topological polar surface area (TPSA) is 59.1 Å². The summed E-state index contributed by atoms with van der Waals surface area (Å²) in [6.45, 7) is -1.66. The molecule has 1 aromatic rings. The fourth-order valence-corrected chi connectivity index (χ4v) is 1.63. The van der Waals surface area contributed by atoms with Crippen LogP contribution >= 0.6 is 15.9 Å². The van der Waals surface area contributed by atoms with Crippen LogP contribution in [0, 0.1) is 11.2 Å². The van der Waals surface area contributed by atoms with Crippen LogP contribution in [0.1, 0.15) is 5.56 Å². The minimum absolute atomic E-state index is 0.00882. The second-order valence-corrected chi connectivity index (χ2v) is 4.30. The van der Waals surface area contributed by atoms with Crippen molar-refractivity contribution in [1.29, 1.82) is 5.41 Å². The molecule has 19 heavy (non-hydrogen) atoms. The predicted molar refractivity (Wildman–Crippen MR) is 61.6 cm³/mol. The average molecular weight is 347 g/mol. The summed E-state index contributed by atoms with van der Waals surface area (Å²) in [7, 11) is 0. The largest absolute Gasteiger partial charge is 0.484 e. The van der Waals surface area contributed by atoms with Crippen molar-refractivity contribution in [3.8, 4) is 5.75 Å². The molecule has 0 radical (unpaired) electrons. The lowest BCUT2D eigenvalue weighted by Gasteiger charge is -2.17. The summed E-state index contributed by atoms with van der Waals surface area (Å²) >= 11 is 2.77. The van der Waals surface area contributed by atoms with Gasteiger partial charge in [-0.2, -0.15) is 8.78 Å². The molecule has 0 saturated heterocycles. The molecule has 3 N–H and O–H groups in total. The second-order valence-electron chi connectivity index (χ2n) is 3.50. The molecular weight excluding hydrogens is 339 g/mol. The molecule has 0 aliphatic heterocycles. The van der Waals surface area contributed by atoms with Gasteiger partial charge in [0, 0.05) is 5.56 Å². The maximum atomic E-state index is 13.6. The summed E-state index contributed by atoms with van der Waals surface area (Å²) in [5.41, 5.74) is 5.13. The van der Waals surface area contributed by atoms with E-state index in [-0.39, 0.29) is 10.0 Å². The van der Waals surface area contributed by atoms with Gasteiger partial charge in [-0.3, -0.25) is 5.41 Å². The highest BCUT2D eigenvalue weighted by molar-refractivity contribution is 9.10. The molecule has 1 rings (SSSR count). The van der Waals surface area contributed by atoms with Crippen molar-refractivity contribution in [2.24, 2.45) is 5.73 Å². The number of halogens is 6. The van der Waals surface area contributed by atoms with Crippen LogP contribution in [0.3, 0.4) is 0 Å². The standard InChI is InChI=1S/C10H8BrF5N2O/c11-6-4(8(17)18)1-2-5(7(6)12)19-3-10(15,16)9(13)14/h1-2,9H,3H2,(H3,17,18). The van der Waals surface area contributed by atoms with Crippen molar-refractivity contribution < 1.29 is 26.7 Å². The lowest BCUT2D eigenvalue weighted by atomic mass is 10.2. The molecule has 0 heterocycles. The van der Waals surface area contributed by atoms with Gasteiger partial charge < -0.3 is 10.5 Å². The van der Waals surface area contributed by atoms with E-state index in [2.05, 4.69) is 20.7 Å². The van der Waals surface area contributed by atoms with Gasteiger partial charge in [0.1, 0.15) is 5.84 Å². The predicted octanol–water partition coefficient (Wildman–Crippen LogP) is 3.15. The average Bonchev–Trinajstić information content (AvgIpc) is 2.30. The molecule has 0 fully saturated rings. The third-order valence-corrected chi connectivity index (χ3v) is 2.85. The van der Waals surface area contributed by atoms with Crippen LogP contribution in [-0.4, -0.2) is 24.8 Å². The molecular formula is C10H8BrF5N2O. The Labute approximate surface area is 113 Å². The summed E-state index contributed by atoms with van der Waals surface area (Å²) < 4.78 is 66.7. The van der Waals surface area contributed by atoms with Crippen LogP contribution in [0.15, 0.2) is 16.6 Å². The minimum atomic E-state index is -4.38. The molecule has 0 bridgehead atoms. The van der Waals surface area contributed by atoms with E-state index in [1.165, 1.54) is 0 Å². The summed E-state index contributed by atoms with van der Waals surface area (Å²) in [6.07, 6.45) is -3.91. The number of ether oxygens (including phenoxy) is 1. The van der Waals surface area contributed by atoms with E-state index in [0.29, 0.717) is 0 Å². The van der Waals surface area contributed by atoms with Gasteiger partial charge in [-0.1, -0.05) is 0 Å². The Bertz CT molecular complexity index is 495. The van der Waals surface area contributed by atoms with E-state index in [4.69, 9.17) is 11.1 Å². The molecule has 0 spiro atoms. The highest BCUT2D eigenvalue weighted by Crippen LogP contribution is 2.30. The fourth-order valence-electron chi connectivity index (χ4n) is 1.09. The van der Waals surface area contributed by atoms with E-state index in [1.807, 2.05) is 0 Å². The molecule has 0 saturated carbocycles. The van der Waals surface area contributed by atoms with Crippen LogP contribution in [0.4, 0.5) is 22.0 Å². The van der Waals surface area contributed by atoms with E-state index in [0.717, 1.165) is 12.1 Å². The zero-order chi connectivity index (χ0) is 14.8. The Morgan fingerprint density at radius 1 is 1.42 bits per heavy atom. The summed E-state index contributed by atoms with van der Waals surface area (Å²) in [4.78, 5) is 0. The lowest BCUT2D eigenvalue weighted by molar-refractivity contribution is -0.148. The van der Waals surface area contributed by atoms with Crippen molar-refractivity contribution in [3.05, 3.63) is 28.0 Å². The molecule has 0 aliphatic carbocycles. The number of nitrogens with two attached hydrogens (primary N) is 1. The molecule has 1 aromatic carbocycles. The molecule has 106 valence electrons. The van der Waals surface area contributed by atoms with Gasteiger partial charge in [-0.15, -0.1) is 0 Å². The summed E-state index contributed by atoms with van der Waals surface area (Å²) in [5.74, 6) is -6.57. The Morgan fingerprint density at radius 2 is 2.00 bits per heavy atom. The maximum Gasteiger partial charge on any atom is 0.340 e. The first-order valence-corrected chi connectivity index (χ1v) is 5.57. The third kappa shape index (κ3) is 3.55. The van der Waals surface area contributed by atoms with Crippen LogP contribution in [0.2, 0.25) is 0 Å². The molecule has 0 aromatic heterocycles. The normalized spacial score (nSPS) is 11.7. The van der Waals surface area contributed by atoms with Crippen molar-refractivity contribution in [2.45, 2.75) is 12.3 Å². The number of alkyl halides is 4. The Hall–Kier alpha value is -1.38.